The largest absolute Gasteiger partial charge is 0.493 e. The van der Waals surface area contributed by atoms with Gasteiger partial charge in [-0.3, -0.25) is 0 Å². The van der Waals surface area contributed by atoms with Gasteiger partial charge in [0.25, 0.3) is 0 Å². The van der Waals surface area contributed by atoms with E-state index in [1.807, 2.05) is 48.5 Å². The molecular formula is C25H19BrINO4. The van der Waals surface area contributed by atoms with Crippen molar-refractivity contribution < 1.29 is 19.0 Å². The van der Waals surface area contributed by atoms with Gasteiger partial charge >= 0.3 is 5.97 Å². The normalized spacial score (nSPS) is 14.3. The number of carbonyl (C=O) groups excluding carboxylic acids is 1. The lowest BCUT2D eigenvalue weighted by atomic mass is 10.1. The molecule has 3 aromatic rings. The van der Waals surface area contributed by atoms with Gasteiger partial charge in [-0.15, -0.1) is 0 Å². The molecular weight excluding hydrogens is 585 g/mol. The predicted octanol–water partition coefficient (Wildman–Crippen LogP) is 6.29. The number of benzene rings is 3. The molecule has 0 saturated heterocycles. The van der Waals surface area contributed by atoms with E-state index in [0.717, 1.165) is 24.7 Å². The maximum atomic E-state index is 12.4. The predicted molar refractivity (Wildman–Crippen MR) is 136 cm³/mol. The van der Waals surface area contributed by atoms with Gasteiger partial charge in [0.15, 0.2) is 17.2 Å². The average Bonchev–Trinajstić information content (AvgIpc) is 3.13. The minimum absolute atomic E-state index is 0.231. The maximum absolute atomic E-state index is 12.4. The van der Waals surface area contributed by atoms with Gasteiger partial charge in [-0.2, -0.15) is 0 Å². The zero-order valence-corrected chi connectivity index (χ0v) is 21.1. The Balaban J connectivity index is 1.59. The number of methoxy groups -OCH3 is 1. The van der Waals surface area contributed by atoms with Crippen LogP contribution in [0.25, 0.3) is 6.08 Å². The molecule has 4 rings (SSSR count). The molecule has 0 aliphatic carbocycles. The third kappa shape index (κ3) is 5.21. The topological polar surface area (TPSA) is 57.1 Å². The molecule has 162 valence electrons. The summed E-state index contributed by atoms with van der Waals surface area (Å²) in [5.41, 5.74) is 3.99. The van der Waals surface area contributed by atoms with Gasteiger partial charge in [0, 0.05) is 10.0 Å². The molecule has 0 atom stereocenters. The summed E-state index contributed by atoms with van der Waals surface area (Å²) in [4.78, 5) is 16.7. The van der Waals surface area contributed by atoms with E-state index >= 15 is 0 Å². The molecule has 0 N–H and O–H groups in total. The molecule has 0 amide bonds. The number of halogens is 2. The van der Waals surface area contributed by atoms with E-state index in [9.17, 15) is 4.79 Å². The van der Waals surface area contributed by atoms with Crippen molar-refractivity contribution in [1.29, 1.82) is 0 Å². The zero-order chi connectivity index (χ0) is 22.7. The summed E-state index contributed by atoms with van der Waals surface area (Å²) in [5.74, 6) is 1.04. The monoisotopic (exact) mass is 603 g/mol. The third-order valence-corrected chi connectivity index (χ3v) is 6.06. The van der Waals surface area contributed by atoms with E-state index in [1.165, 1.54) is 5.56 Å². The molecule has 0 radical (unpaired) electrons. The Morgan fingerprint density at radius 3 is 2.62 bits per heavy atom. The Kier molecular flexibility index (Phi) is 6.95. The molecule has 1 aliphatic rings. The van der Waals surface area contributed by atoms with Crippen LogP contribution in [0.2, 0.25) is 0 Å². The first-order chi connectivity index (χ1) is 15.4. The average molecular weight is 604 g/mol. The lowest BCUT2D eigenvalue weighted by Crippen LogP contribution is -2.05. The van der Waals surface area contributed by atoms with Gasteiger partial charge in [0.2, 0.25) is 5.90 Å². The summed E-state index contributed by atoms with van der Waals surface area (Å²) in [6.45, 7) is 2.48. The Morgan fingerprint density at radius 1 is 1.12 bits per heavy atom. The van der Waals surface area contributed by atoms with Crippen molar-refractivity contribution in [3.8, 4) is 11.5 Å². The van der Waals surface area contributed by atoms with E-state index < -0.39 is 5.97 Å². The molecule has 0 bridgehead atoms. The van der Waals surface area contributed by atoms with Gasteiger partial charge in [0.1, 0.15) is 6.61 Å². The minimum atomic E-state index is -0.489. The number of hydrogen-bond acceptors (Lipinski definition) is 5. The zero-order valence-electron chi connectivity index (χ0n) is 17.4. The van der Waals surface area contributed by atoms with Crippen molar-refractivity contribution >= 4 is 56.5 Å². The van der Waals surface area contributed by atoms with Crippen LogP contribution >= 0.6 is 38.5 Å². The van der Waals surface area contributed by atoms with Gasteiger partial charge < -0.3 is 14.2 Å². The summed E-state index contributed by atoms with van der Waals surface area (Å²) in [6.07, 6.45) is 1.68. The molecule has 3 aromatic carbocycles. The fraction of sp³-hybridized carbons (Fsp3) is 0.120. The molecule has 0 saturated carbocycles. The Morgan fingerprint density at radius 2 is 1.91 bits per heavy atom. The lowest BCUT2D eigenvalue weighted by Gasteiger charge is -2.14. The molecule has 1 aliphatic heterocycles. The van der Waals surface area contributed by atoms with Crippen LogP contribution in [0.3, 0.4) is 0 Å². The van der Waals surface area contributed by atoms with Crippen molar-refractivity contribution in [2.75, 3.05) is 7.11 Å². The van der Waals surface area contributed by atoms with Crippen molar-refractivity contribution in [3.63, 3.8) is 0 Å². The summed E-state index contributed by atoms with van der Waals surface area (Å²) >= 11 is 5.60. The van der Waals surface area contributed by atoms with Crippen LogP contribution < -0.4 is 9.47 Å². The second-order valence-corrected chi connectivity index (χ2v) is 9.23. The van der Waals surface area contributed by atoms with E-state index in [1.54, 1.807) is 13.2 Å². The number of rotatable bonds is 6. The highest BCUT2D eigenvalue weighted by molar-refractivity contribution is 14.1. The molecule has 7 heteroatoms. The highest BCUT2D eigenvalue weighted by Gasteiger charge is 2.24. The van der Waals surface area contributed by atoms with E-state index in [4.69, 9.17) is 14.2 Å². The number of esters is 1. The molecule has 1 heterocycles. The first-order valence-electron chi connectivity index (χ1n) is 9.77. The SMILES string of the molecule is COc1cc(/C=C2\N=C(c3ccc(Br)cc3)OC2=O)cc(I)c1OCc1cccc(C)c1. The summed E-state index contributed by atoms with van der Waals surface area (Å²) < 4.78 is 18.8. The first-order valence-corrected chi connectivity index (χ1v) is 11.6. The minimum Gasteiger partial charge on any atom is -0.493 e. The Bertz CT molecular complexity index is 1240. The van der Waals surface area contributed by atoms with Crippen LogP contribution in [0.15, 0.2) is 75.8 Å². The fourth-order valence-corrected chi connectivity index (χ4v) is 4.25. The maximum Gasteiger partial charge on any atom is 0.363 e. The molecule has 32 heavy (non-hydrogen) atoms. The summed E-state index contributed by atoms with van der Waals surface area (Å²) in [5, 5.41) is 0. The van der Waals surface area contributed by atoms with Crippen LogP contribution in [0.1, 0.15) is 22.3 Å². The lowest BCUT2D eigenvalue weighted by molar-refractivity contribution is -0.129. The van der Waals surface area contributed by atoms with Crippen LogP contribution in [0.4, 0.5) is 0 Å². The van der Waals surface area contributed by atoms with Crippen LogP contribution in [0, 0.1) is 10.5 Å². The number of carbonyl (C=O) groups is 1. The van der Waals surface area contributed by atoms with Crippen molar-refractivity contribution in [3.05, 3.63) is 96.7 Å². The molecule has 0 fully saturated rings. The fourth-order valence-electron chi connectivity index (χ4n) is 3.20. The number of nitrogens with zero attached hydrogens (tertiary/aromatic N) is 1. The second-order valence-electron chi connectivity index (χ2n) is 7.15. The van der Waals surface area contributed by atoms with Gasteiger partial charge in [-0.05, 0) is 83.1 Å². The summed E-state index contributed by atoms with van der Waals surface area (Å²) in [6, 6.07) is 19.3. The van der Waals surface area contributed by atoms with Crippen LogP contribution in [0.5, 0.6) is 11.5 Å². The number of aliphatic imine (C=N–C) groups is 1. The molecule has 0 spiro atoms. The Hall–Kier alpha value is -2.65. The molecule has 5 nitrogen and oxygen atoms in total. The quantitative estimate of drug-likeness (QED) is 0.189. The number of hydrogen-bond donors (Lipinski definition) is 0. The van der Waals surface area contributed by atoms with E-state index in [0.29, 0.717) is 18.1 Å². The van der Waals surface area contributed by atoms with Gasteiger partial charge in [0.05, 0.1) is 10.7 Å². The highest BCUT2D eigenvalue weighted by Crippen LogP contribution is 2.35. The first kappa shape index (κ1) is 22.5. The van der Waals surface area contributed by atoms with Crippen molar-refractivity contribution in [1.82, 2.24) is 0 Å². The van der Waals surface area contributed by atoms with E-state index in [-0.39, 0.29) is 11.6 Å². The second kappa shape index (κ2) is 9.87. The van der Waals surface area contributed by atoms with Gasteiger partial charge in [-0.25, -0.2) is 9.79 Å². The number of ether oxygens (including phenoxy) is 3. The van der Waals surface area contributed by atoms with Gasteiger partial charge in [-0.1, -0.05) is 45.8 Å². The number of cyclic esters (lactones) is 1. The summed E-state index contributed by atoms with van der Waals surface area (Å²) in [7, 11) is 1.59. The van der Waals surface area contributed by atoms with Crippen molar-refractivity contribution in [2.45, 2.75) is 13.5 Å². The third-order valence-electron chi connectivity index (χ3n) is 4.73. The highest BCUT2D eigenvalue weighted by atomic mass is 127. The van der Waals surface area contributed by atoms with Crippen molar-refractivity contribution in [2.24, 2.45) is 4.99 Å². The van der Waals surface area contributed by atoms with E-state index in [2.05, 4.69) is 62.6 Å². The number of aryl methyl sites for hydroxylation is 1. The smallest absolute Gasteiger partial charge is 0.363 e. The Labute approximate surface area is 208 Å². The van der Waals surface area contributed by atoms with Crippen LogP contribution in [-0.2, 0) is 16.1 Å². The van der Waals surface area contributed by atoms with Crippen LogP contribution in [-0.4, -0.2) is 19.0 Å². The molecule has 0 unspecified atom stereocenters. The standard InChI is InChI=1S/C25H19BrINO4/c1-15-4-3-5-16(10-15)14-31-23-20(27)11-17(13-22(23)30-2)12-21-25(29)32-24(28-21)18-6-8-19(26)9-7-18/h3-13H,14H2,1-2H3/b21-12-. The molecule has 0 aromatic heterocycles.